The Balaban J connectivity index is 1.84. The van der Waals surface area contributed by atoms with Crippen molar-refractivity contribution >= 4 is 11.0 Å². The second kappa shape index (κ2) is 5.17. The molecule has 0 aliphatic carbocycles. The Labute approximate surface area is 115 Å². The van der Waals surface area contributed by atoms with Crippen LogP contribution in [0.5, 0.6) is 0 Å². The molecule has 0 amide bonds. The van der Waals surface area contributed by atoms with Gasteiger partial charge in [0, 0.05) is 18.2 Å². The lowest BCUT2D eigenvalue weighted by Crippen LogP contribution is -1.98. The van der Waals surface area contributed by atoms with Crippen LogP contribution in [0.3, 0.4) is 0 Å². The first-order valence-corrected chi connectivity index (χ1v) is 6.45. The Kier molecular flexibility index (Phi) is 3.21. The molecule has 0 saturated carbocycles. The average Bonchev–Trinajstić information content (AvgIpc) is 3.04. The molecule has 1 unspecified atom stereocenters. The third-order valence-electron chi connectivity index (χ3n) is 3.08. The zero-order valence-electron chi connectivity index (χ0n) is 11.0. The zero-order valence-corrected chi connectivity index (χ0v) is 11.0. The number of nitriles is 1. The monoisotopic (exact) mass is 267 g/mol. The fourth-order valence-corrected chi connectivity index (χ4v) is 2.06. The standard InChI is InChI=1S/C15H13N3O2/c1-10(6-7-16)8-14-17-15(18-20-14)13-9-11-4-2-3-5-12(11)19-13/h2-5,9-10H,6,8H2,1H3. The lowest BCUT2D eigenvalue weighted by Gasteiger charge is -2.00. The smallest absolute Gasteiger partial charge is 0.238 e. The lowest BCUT2D eigenvalue weighted by molar-refractivity contribution is 0.358. The van der Waals surface area contributed by atoms with E-state index in [0.717, 1.165) is 11.0 Å². The summed E-state index contributed by atoms with van der Waals surface area (Å²) in [5, 5.41) is 13.6. The SMILES string of the molecule is CC(CC#N)Cc1nc(-c2cc3ccccc3o2)no1. The van der Waals surface area contributed by atoms with Gasteiger partial charge in [-0.3, -0.25) is 0 Å². The molecule has 3 aromatic rings. The summed E-state index contributed by atoms with van der Waals surface area (Å²) in [6.45, 7) is 1.98. The van der Waals surface area contributed by atoms with Gasteiger partial charge in [-0.15, -0.1) is 0 Å². The van der Waals surface area contributed by atoms with Crippen LogP contribution in [0.25, 0.3) is 22.6 Å². The molecule has 2 aromatic heterocycles. The molecule has 1 atom stereocenters. The van der Waals surface area contributed by atoms with E-state index < -0.39 is 0 Å². The van der Waals surface area contributed by atoms with Gasteiger partial charge in [0.2, 0.25) is 11.7 Å². The Morgan fingerprint density at radius 1 is 1.35 bits per heavy atom. The van der Waals surface area contributed by atoms with Gasteiger partial charge < -0.3 is 8.94 Å². The van der Waals surface area contributed by atoms with Crippen LogP contribution in [0, 0.1) is 17.2 Å². The molecule has 0 aliphatic rings. The molecule has 0 bridgehead atoms. The minimum absolute atomic E-state index is 0.198. The maximum absolute atomic E-state index is 8.65. The molecular formula is C15H13N3O2. The molecule has 3 rings (SSSR count). The lowest BCUT2D eigenvalue weighted by atomic mass is 10.1. The first-order chi connectivity index (χ1) is 9.76. The van der Waals surface area contributed by atoms with Gasteiger partial charge in [0.05, 0.1) is 6.07 Å². The summed E-state index contributed by atoms with van der Waals surface area (Å²) in [6.07, 6.45) is 1.07. The molecule has 0 saturated heterocycles. The van der Waals surface area contributed by atoms with Crippen molar-refractivity contribution in [2.75, 3.05) is 0 Å². The molecule has 20 heavy (non-hydrogen) atoms. The minimum Gasteiger partial charge on any atom is -0.453 e. The maximum atomic E-state index is 8.65. The molecule has 100 valence electrons. The van der Waals surface area contributed by atoms with Crippen LogP contribution in [0.1, 0.15) is 19.2 Å². The molecule has 0 fully saturated rings. The number of aromatic nitrogens is 2. The second-order valence-corrected chi connectivity index (χ2v) is 4.83. The number of benzene rings is 1. The number of hydrogen-bond donors (Lipinski definition) is 0. The molecule has 0 radical (unpaired) electrons. The number of furan rings is 1. The maximum Gasteiger partial charge on any atom is 0.238 e. The Bertz CT molecular complexity index is 734. The van der Waals surface area contributed by atoms with E-state index in [1.54, 1.807) is 0 Å². The molecule has 0 spiro atoms. The highest BCUT2D eigenvalue weighted by molar-refractivity contribution is 5.81. The van der Waals surface area contributed by atoms with Gasteiger partial charge in [0.1, 0.15) is 5.58 Å². The summed E-state index contributed by atoms with van der Waals surface area (Å²) in [4.78, 5) is 4.32. The summed E-state index contributed by atoms with van der Waals surface area (Å²) < 4.78 is 10.9. The van der Waals surface area contributed by atoms with Crippen LogP contribution in [-0.2, 0) is 6.42 Å². The highest BCUT2D eigenvalue weighted by Gasteiger charge is 2.15. The van der Waals surface area contributed by atoms with Gasteiger partial charge in [-0.1, -0.05) is 30.3 Å². The number of rotatable bonds is 4. The van der Waals surface area contributed by atoms with E-state index in [0.29, 0.717) is 30.3 Å². The van der Waals surface area contributed by atoms with Crippen LogP contribution in [-0.4, -0.2) is 10.1 Å². The van der Waals surface area contributed by atoms with E-state index >= 15 is 0 Å². The van der Waals surface area contributed by atoms with E-state index in [-0.39, 0.29) is 5.92 Å². The van der Waals surface area contributed by atoms with Crippen molar-refractivity contribution in [1.29, 1.82) is 5.26 Å². The van der Waals surface area contributed by atoms with Gasteiger partial charge >= 0.3 is 0 Å². The van der Waals surface area contributed by atoms with Gasteiger partial charge in [-0.05, 0) is 18.1 Å². The molecular weight excluding hydrogens is 254 g/mol. The highest BCUT2D eigenvalue weighted by atomic mass is 16.5. The third kappa shape index (κ3) is 2.41. The number of fused-ring (bicyclic) bond motifs is 1. The second-order valence-electron chi connectivity index (χ2n) is 4.83. The molecule has 5 nitrogen and oxygen atoms in total. The van der Waals surface area contributed by atoms with E-state index in [4.69, 9.17) is 14.2 Å². The Morgan fingerprint density at radius 3 is 3.00 bits per heavy atom. The molecule has 5 heteroatoms. The van der Waals surface area contributed by atoms with Crippen molar-refractivity contribution in [2.45, 2.75) is 19.8 Å². The van der Waals surface area contributed by atoms with E-state index in [2.05, 4.69) is 16.2 Å². The van der Waals surface area contributed by atoms with Crippen molar-refractivity contribution in [2.24, 2.45) is 5.92 Å². The summed E-state index contributed by atoms with van der Waals surface area (Å²) in [5.74, 6) is 1.77. The predicted octanol–water partition coefficient (Wildman–Crippen LogP) is 3.58. The summed E-state index contributed by atoms with van der Waals surface area (Å²) in [7, 11) is 0. The first kappa shape index (κ1) is 12.4. The van der Waals surface area contributed by atoms with Crippen molar-refractivity contribution in [3.05, 3.63) is 36.2 Å². The normalized spacial score (nSPS) is 12.4. The largest absolute Gasteiger partial charge is 0.453 e. The van der Waals surface area contributed by atoms with Crippen LogP contribution < -0.4 is 0 Å². The van der Waals surface area contributed by atoms with Crippen molar-refractivity contribution in [3.8, 4) is 17.7 Å². The average molecular weight is 267 g/mol. The summed E-state index contributed by atoms with van der Waals surface area (Å²) in [6, 6.07) is 11.8. The van der Waals surface area contributed by atoms with Crippen molar-refractivity contribution in [3.63, 3.8) is 0 Å². The third-order valence-corrected chi connectivity index (χ3v) is 3.08. The van der Waals surface area contributed by atoms with Crippen LogP contribution in [0.15, 0.2) is 39.3 Å². The molecule has 0 N–H and O–H groups in total. The Morgan fingerprint density at radius 2 is 2.20 bits per heavy atom. The molecule has 2 heterocycles. The van der Waals surface area contributed by atoms with Crippen LogP contribution in [0.4, 0.5) is 0 Å². The van der Waals surface area contributed by atoms with E-state index in [1.807, 2.05) is 37.3 Å². The number of para-hydroxylation sites is 1. The van der Waals surface area contributed by atoms with Gasteiger partial charge in [-0.25, -0.2) is 0 Å². The number of hydrogen-bond acceptors (Lipinski definition) is 5. The highest BCUT2D eigenvalue weighted by Crippen LogP contribution is 2.26. The predicted molar refractivity (Wildman–Crippen MR) is 72.6 cm³/mol. The van der Waals surface area contributed by atoms with Crippen LogP contribution in [0.2, 0.25) is 0 Å². The van der Waals surface area contributed by atoms with Crippen molar-refractivity contribution < 1.29 is 8.94 Å². The first-order valence-electron chi connectivity index (χ1n) is 6.45. The quantitative estimate of drug-likeness (QED) is 0.722. The van der Waals surface area contributed by atoms with Gasteiger partial charge in [-0.2, -0.15) is 10.2 Å². The zero-order chi connectivity index (χ0) is 13.9. The van der Waals surface area contributed by atoms with Gasteiger partial charge in [0.15, 0.2) is 5.76 Å². The summed E-state index contributed by atoms with van der Waals surface area (Å²) >= 11 is 0. The van der Waals surface area contributed by atoms with E-state index in [9.17, 15) is 0 Å². The Hall–Kier alpha value is -2.61. The van der Waals surface area contributed by atoms with Crippen molar-refractivity contribution in [1.82, 2.24) is 10.1 Å². The van der Waals surface area contributed by atoms with Gasteiger partial charge in [0.25, 0.3) is 0 Å². The molecule has 0 aliphatic heterocycles. The fraction of sp³-hybridized carbons (Fsp3) is 0.267. The van der Waals surface area contributed by atoms with Crippen LogP contribution >= 0.6 is 0 Å². The topological polar surface area (TPSA) is 75.8 Å². The minimum atomic E-state index is 0.198. The molecule has 1 aromatic carbocycles. The summed E-state index contributed by atoms with van der Waals surface area (Å²) in [5.41, 5.74) is 0.798. The number of nitrogens with zero attached hydrogens (tertiary/aromatic N) is 3. The fourth-order valence-electron chi connectivity index (χ4n) is 2.06. The van der Waals surface area contributed by atoms with E-state index in [1.165, 1.54) is 0 Å².